The van der Waals surface area contributed by atoms with Gasteiger partial charge in [0, 0.05) is 5.02 Å². The zero-order chi connectivity index (χ0) is 13.8. The Bertz CT molecular complexity index is 544. The van der Waals surface area contributed by atoms with Gasteiger partial charge < -0.3 is 0 Å². The molecule has 0 aliphatic heterocycles. The molecule has 0 N–H and O–H groups in total. The summed E-state index contributed by atoms with van der Waals surface area (Å²) >= 11 is 12.9. The normalized spacial score (nSPS) is 12.4. The molecule has 0 saturated heterocycles. The summed E-state index contributed by atoms with van der Waals surface area (Å²) in [6, 6.07) is 14.5. The van der Waals surface area contributed by atoms with Gasteiger partial charge in [-0.1, -0.05) is 67.4 Å². The van der Waals surface area contributed by atoms with E-state index in [0.717, 1.165) is 34.6 Å². The summed E-state index contributed by atoms with van der Waals surface area (Å²) in [6.45, 7) is 4.19. The van der Waals surface area contributed by atoms with Gasteiger partial charge in [0.1, 0.15) is 0 Å². The summed E-state index contributed by atoms with van der Waals surface area (Å²) in [4.78, 5) is 0. The third-order valence-electron chi connectivity index (χ3n) is 3.31. The van der Waals surface area contributed by atoms with Crippen LogP contribution in [0.2, 0.25) is 5.02 Å². The molecule has 1 unspecified atom stereocenters. The van der Waals surface area contributed by atoms with Crippen LogP contribution >= 0.6 is 23.2 Å². The van der Waals surface area contributed by atoms with Crippen molar-refractivity contribution in [3.05, 3.63) is 69.7 Å². The van der Waals surface area contributed by atoms with Crippen molar-refractivity contribution in [1.82, 2.24) is 0 Å². The van der Waals surface area contributed by atoms with Crippen LogP contribution in [-0.4, -0.2) is 0 Å². The molecule has 0 aliphatic rings. The molecule has 2 heteroatoms. The third kappa shape index (κ3) is 3.32. The van der Waals surface area contributed by atoms with Gasteiger partial charge in [0.25, 0.3) is 0 Å². The molecule has 2 aromatic rings. The van der Waals surface area contributed by atoms with Crippen molar-refractivity contribution in [2.75, 3.05) is 0 Å². The number of hydrogen-bond acceptors (Lipinski definition) is 0. The van der Waals surface area contributed by atoms with Crippen LogP contribution in [0.5, 0.6) is 0 Å². The maximum absolute atomic E-state index is 6.55. The van der Waals surface area contributed by atoms with E-state index in [1.807, 2.05) is 25.1 Å². The average Bonchev–Trinajstić information content (AvgIpc) is 2.42. The zero-order valence-corrected chi connectivity index (χ0v) is 12.8. The third-order valence-corrected chi connectivity index (χ3v) is 4.31. The van der Waals surface area contributed by atoms with Crippen LogP contribution < -0.4 is 0 Å². The first-order chi connectivity index (χ1) is 9.13. The molecule has 0 fully saturated rings. The van der Waals surface area contributed by atoms with Gasteiger partial charge >= 0.3 is 0 Å². The number of rotatable bonds is 4. The van der Waals surface area contributed by atoms with Crippen LogP contribution in [0.4, 0.5) is 0 Å². The minimum atomic E-state index is -0.192. The molecule has 19 heavy (non-hydrogen) atoms. The fraction of sp³-hybridized carbons (Fsp3) is 0.294. The standard InChI is InChI=1S/C17H18Cl2/c1-3-5-13-8-10-14(11-9-13)17(19)15-7-4-6-12(2)16(15)18/h4,6-11,17H,3,5H2,1-2H3. The number of hydrogen-bond donors (Lipinski definition) is 0. The lowest BCUT2D eigenvalue weighted by Gasteiger charge is -2.14. The molecule has 0 bridgehead atoms. The van der Waals surface area contributed by atoms with Crippen molar-refractivity contribution in [2.45, 2.75) is 32.1 Å². The average molecular weight is 293 g/mol. The molecule has 1 atom stereocenters. The molecule has 0 amide bonds. The van der Waals surface area contributed by atoms with Crippen molar-refractivity contribution in [1.29, 1.82) is 0 Å². The molecule has 2 rings (SSSR count). The van der Waals surface area contributed by atoms with E-state index in [1.165, 1.54) is 5.56 Å². The fourth-order valence-corrected chi connectivity index (χ4v) is 2.81. The lowest BCUT2D eigenvalue weighted by Crippen LogP contribution is -1.96. The van der Waals surface area contributed by atoms with Gasteiger partial charge in [-0.05, 0) is 35.6 Å². The van der Waals surface area contributed by atoms with Crippen LogP contribution in [0, 0.1) is 6.92 Å². The van der Waals surface area contributed by atoms with Crippen molar-refractivity contribution < 1.29 is 0 Å². The minimum absolute atomic E-state index is 0.192. The Morgan fingerprint density at radius 3 is 2.37 bits per heavy atom. The summed E-state index contributed by atoms with van der Waals surface area (Å²) in [5.74, 6) is 0. The van der Waals surface area contributed by atoms with Gasteiger partial charge in [-0.25, -0.2) is 0 Å². The second-order valence-corrected chi connectivity index (χ2v) is 5.65. The van der Waals surface area contributed by atoms with E-state index in [0.29, 0.717) is 0 Å². The number of alkyl halides is 1. The van der Waals surface area contributed by atoms with Crippen LogP contribution in [0.15, 0.2) is 42.5 Å². The molecule has 0 radical (unpaired) electrons. The molecular formula is C17H18Cl2. The Morgan fingerprint density at radius 1 is 1.05 bits per heavy atom. The summed E-state index contributed by atoms with van der Waals surface area (Å²) in [6.07, 6.45) is 2.27. The molecule has 0 heterocycles. The van der Waals surface area contributed by atoms with Gasteiger partial charge in [0.05, 0.1) is 5.38 Å². The smallest absolute Gasteiger partial charge is 0.0849 e. The first-order valence-corrected chi connectivity index (χ1v) is 7.42. The summed E-state index contributed by atoms with van der Waals surface area (Å²) in [7, 11) is 0. The monoisotopic (exact) mass is 292 g/mol. The van der Waals surface area contributed by atoms with E-state index >= 15 is 0 Å². The maximum Gasteiger partial charge on any atom is 0.0849 e. The van der Waals surface area contributed by atoms with E-state index < -0.39 is 0 Å². The van der Waals surface area contributed by atoms with E-state index in [-0.39, 0.29) is 5.38 Å². The fourth-order valence-electron chi connectivity index (χ4n) is 2.19. The summed E-state index contributed by atoms with van der Waals surface area (Å²) < 4.78 is 0. The predicted molar refractivity (Wildman–Crippen MR) is 84.3 cm³/mol. The minimum Gasteiger partial charge on any atom is -0.113 e. The quantitative estimate of drug-likeness (QED) is 0.613. The lowest BCUT2D eigenvalue weighted by molar-refractivity contribution is 0.920. The molecule has 100 valence electrons. The first-order valence-electron chi connectivity index (χ1n) is 6.61. The maximum atomic E-state index is 6.55. The van der Waals surface area contributed by atoms with Crippen molar-refractivity contribution in [3.63, 3.8) is 0 Å². The SMILES string of the molecule is CCCc1ccc(C(Cl)c2cccc(C)c2Cl)cc1. The molecule has 0 saturated carbocycles. The molecule has 2 aromatic carbocycles. The number of aryl methyl sites for hydroxylation is 2. The largest absolute Gasteiger partial charge is 0.113 e. The number of halogens is 2. The van der Waals surface area contributed by atoms with Crippen LogP contribution in [0.25, 0.3) is 0 Å². The zero-order valence-electron chi connectivity index (χ0n) is 11.3. The van der Waals surface area contributed by atoms with Gasteiger partial charge in [-0.2, -0.15) is 0 Å². The highest BCUT2D eigenvalue weighted by molar-refractivity contribution is 6.33. The lowest BCUT2D eigenvalue weighted by atomic mass is 10.0. The molecule has 0 nitrogen and oxygen atoms in total. The van der Waals surface area contributed by atoms with E-state index in [1.54, 1.807) is 0 Å². The first kappa shape index (κ1) is 14.4. The topological polar surface area (TPSA) is 0 Å². The highest BCUT2D eigenvalue weighted by atomic mass is 35.5. The Kier molecular flexibility index (Phi) is 4.90. The van der Waals surface area contributed by atoms with Gasteiger partial charge in [-0.3, -0.25) is 0 Å². The highest BCUT2D eigenvalue weighted by Crippen LogP contribution is 2.35. The Balaban J connectivity index is 2.28. The second-order valence-electron chi connectivity index (χ2n) is 4.83. The van der Waals surface area contributed by atoms with E-state index in [4.69, 9.17) is 23.2 Å². The Morgan fingerprint density at radius 2 is 1.74 bits per heavy atom. The molecule has 0 spiro atoms. The van der Waals surface area contributed by atoms with Gasteiger partial charge in [-0.15, -0.1) is 11.6 Å². The van der Waals surface area contributed by atoms with E-state index in [2.05, 4.69) is 31.2 Å². The van der Waals surface area contributed by atoms with Crippen molar-refractivity contribution >= 4 is 23.2 Å². The summed E-state index contributed by atoms with van der Waals surface area (Å²) in [5.41, 5.74) is 4.48. The van der Waals surface area contributed by atoms with Gasteiger partial charge in [0.15, 0.2) is 0 Å². The van der Waals surface area contributed by atoms with Crippen LogP contribution in [-0.2, 0) is 6.42 Å². The highest BCUT2D eigenvalue weighted by Gasteiger charge is 2.14. The van der Waals surface area contributed by atoms with Gasteiger partial charge in [0.2, 0.25) is 0 Å². The Hall–Kier alpha value is -0.980. The van der Waals surface area contributed by atoms with Crippen molar-refractivity contribution in [2.24, 2.45) is 0 Å². The predicted octanol–water partition coefficient (Wildman–Crippen LogP) is 5.93. The summed E-state index contributed by atoms with van der Waals surface area (Å²) in [5, 5.41) is 0.572. The van der Waals surface area contributed by atoms with Crippen LogP contribution in [0.3, 0.4) is 0 Å². The molecule has 0 aromatic heterocycles. The van der Waals surface area contributed by atoms with Crippen LogP contribution in [0.1, 0.15) is 41.0 Å². The second kappa shape index (κ2) is 6.45. The number of benzene rings is 2. The molecular weight excluding hydrogens is 275 g/mol. The Labute approximate surface area is 125 Å². The van der Waals surface area contributed by atoms with Crippen molar-refractivity contribution in [3.8, 4) is 0 Å². The van der Waals surface area contributed by atoms with E-state index in [9.17, 15) is 0 Å². The molecule has 0 aliphatic carbocycles.